The van der Waals surface area contributed by atoms with E-state index in [1.807, 2.05) is 0 Å². The lowest BCUT2D eigenvalue weighted by Gasteiger charge is -2.01. The normalized spacial score (nSPS) is 10.1. The zero-order valence-corrected chi connectivity index (χ0v) is 9.15. The smallest absolute Gasteiger partial charge is 0.357 e. The number of rotatable bonds is 3. The minimum atomic E-state index is -1.05. The van der Waals surface area contributed by atoms with Crippen molar-refractivity contribution < 1.29 is 9.90 Å². The van der Waals surface area contributed by atoms with Crippen LogP contribution in [-0.4, -0.2) is 26.0 Å². The zero-order chi connectivity index (χ0) is 11.5. The van der Waals surface area contributed by atoms with Crippen molar-refractivity contribution in [2.75, 3.05) is 5.32 Å². The Morgan fingerprint density at radius 2 is 2.12 bits per heavy atom. The summed E-state index contributed by atoms with van der Waals surface area (Å²) >= 11 is 1.28. The summed E-state index contributed by atoms with van der Waals surface area (Å²) in [4.78, 5) is 22.5. The molecule has 2 aromatic rings. The number of anilines is 2. The molecule has 16 heavy (non-hydrogen) atoms. The second-order valence-electron chi connectivity index (χ2n) is 2.97. The van der Waals surface area contributed by atoms with E-state index in [9.17, 15) is 4.79 Å². The number of aromatic carboxylic acids is 1. The van der Waals surface area contributed by atoms with Gasteiger partial charge in [-0.3, -0.25) is 0 Å². The molecule has 0 saturated heterocycles. The molecule has 0 unspecified atom stereocenters. The van der Waals surface area contributed by atoms with E-state index in [1.165, 1.54) is 17.7 Å². The first-order chi connectivity index (χ1) is 7.66. The number of nitrogens with one attached hydrogen (secondary N) is 1. The minimum absolute atomic E-state index is 0.0198. The van der Waals surface area contributed by atoms with E-state index in [1.54, 1.807) is 19.3 Å². The standard InChI is InChI=1S/C9H8N4O2S/c1-5-12-7(9(14)15)8(16-5)13-6-2-10-4-11-3-6/h2-4,13H,1H3,(H,14,15). The maximum atomic E-state index is 10.9. The molecule has 2 aromatic heterocycles. The van der Waals surface area contributed by atoms with Gasteiger partial charge < -0.3 is 10.4 Å². The summed E-state index contributed by atoms with van der Waals surface area (Å²) in [6.45, 7) is 1.75. The Morgan fingerprint density at radius 3 is 2.75 bits per heavy atom. The zero-order valence-electron chi connectivity index (χ0n) is 8.34. The summed E-state index contributed by atoms with van der Waals surface area (Å²) in [6.07, 6.45) is 4.53. The highest BCUT2D eigenvalue weighted by molar-refractivity contribution is 7.16. The molecular formula is C9H8N4O2S. The molecule has 0 aliphatic heterocycles. The number of carboxylic acid groups (broad SMARTS) is 1. The molecule has 2 heterocycles. The molecule has 0 radical (unpaired) electrons. The molecule has 0 amide bonds. The van der Waals surface area contributed by atoms with E-state index in [2.05, 4.69) is 20.3 Å². The Labute approximate surface area is 95.0 Å². The second kappa shape index (κ2) is 4.23. The van der Waals surface area contributed by atoms with Gasteiger partial charge >= 0.3 is 5.97 Å². The summed E-state index contributed by atoms with van der Waals surface area (Å²) in [6, 6.07) is 0. The Balaban J connectivity index is 2.31. The maximum Gasteiger partial charge on any atom is 0.357 e. The van der Waals surface area contributed by atoms with E-state index in [0.717, 1.165) is 0 Å². The van der Waals surface area contributed by atoms with E-state index < -0.39 is 5.97 Å². The van der Waals surface area contributed by atoms with Crippen LogP contribution < -0.4 is 5.32 Å². The minimum Gasteiger partial charge on any atom is -0.476 e. The summed E-state index contributed by atoms with van der Waals surface area (Å²) in [5.74, 6) is -1.05. The predicted molar refractivity (Wildman–Crippen MR) is 59.1 cm³/mol. The molecule has 0 atom stereocenters. The first-order valence-corrected chi connectivity index (χ1v) is 5.21. The van der Waals surface area contributed by atoms with Crippen LogP contribution in [0.1, 0.15) is 15.5 Å². The number of aryl methyl sites for hydroxylation is 1. The predicted octanol–water partition coefficient (Wildman–Crippen LogP) is 1.68. The molecule has 6 nitrogen and oxygen atoms in total. The second-order valence-corrected chi connectivity index (χ2v) is 4.17. The van der Waals surface area contributed by atoms with Gasteiger partial charge in [0.15, 0.2) is 5.69 Å². The molecule has 0 saturated carbocycles. The van der Waals surface area contributed by atoms with Crippen LogP contribution in [0, 0.1) is 6.92 Å². The number of carboxylic acids is 1. The third kappa shape index (κ3) is 2.14. The Hall–Kier alpha value is -2.02. The van der Waals surface area contributed by atoms with Crippen LogP contribution >= 0.6 is 11.3 Å². The number of hydrogen-bond acceptors (Lipinski definition) is 6. The van der Waals surface area contributed by atoms with E-state index in [0.29, 0.717) is 15.7 Å². The number of nitrogens with zero attached hydrogens (tertiary/aromatic N) is 3. The molecule has 2 rings (SSSR count). The van der Waals surface area contributed by atoms with Crippen LogP contribution in [0.15, 0.2) is 18.7 Å². The van der Waals surface area contributed by atoms with Crippen molar-refractivity contribution in [2.24, 2.45) is 0 Å². The van der Waals surface area contributed by atoms with Crippen molar-refractivity contribution >= 4 is 28.0 Å². The van der Waals surface area contributed by atoms with Crippen molar-refractivity contribution in [1.29, 1.82) is 0 Å². The maximum absolute atomic E-state index is 10.9. The lowest BCUT2D eigenvalue weighted by atomic mass is 10.4. The van der Waals surface area contributed by atoms with Gasteiger partial charge in [-0.15, -0.1) is 11.3 Å². The van der Waals surface area contributed by atoms with Crippen molar-refractivity contribution in [2.45, 2.75) is 6.92 Å². The molecule has 0 bridgehead atoms. The lowest BCUT2D eigenvalue weighted by Crippen LogP contribution is -2.01. The topological polar surface area (TPSA) is 88.0 Å². The van der Waals surface area contributed by atoms with E-state index in [-0.39, 0.29) is 5.69 Å². The Kier molecular flexibility index (Phi) is 2.78. The van der Waals surface area contributed by atoms with Crippen LogP contribution in [0.25, 0.3) is 0 Å². The SMILES string of the molecule is Cc1nc(C(=O)O)c(Nc2cncnc2)s1. The fraction of sp³-hybridized carbons (Fsp3) is 0.111. The Morgan fingerprint density at radius 1 is 1.44 bits per heavy atom. The van der Waals surface area contributed by atoms with Gasteiger partial charge in [0.25, 0.3) is 0 Å². The number of aromatic nitrogens is 3. The van der Waals surface area contributed by atoms with Crippen molar-refractivity contribution in [3.8, 4) is 0 Å². The Bertz CT molecular complexity index is 511. The molecular weight excluding hydrogens is 228 g/mol. The third-order valence-corrected chi connectivity index (χ3v) is 2.64. The van der Waals surface area contributed by atoms with Gasteiger partial charge in [-0.2, -0.15) is 0 Å². The first kappa shape index (κ1) is 10.5. The highest BCUT2D eigenvalue weighted by atomic mass is 32.1. The summed E-state index contributed by atoms with van der Waals surface area (Å²) in [7, 11) is 0. The van der Waals surface area contributed by atoms with Crippen molar-refractivity contribution in [1.82, 2.24) is 15.0 Å². The third-order valence-electron chi connectivity index (χ3n) is 1.76. The van der Waals surface area contributed by atoms with Gasteiger partial charge in [0, 0.05) is 0 Å². The average Bonchev–Trinajstić information content (AvgIpc) is 2.61. The average molecular weight is 236 g/mol. The van der Waals surface area contributed by atoms with Crippen molar-refractivity contribution in [3.05, 3.63) is 29.4 Å². The fourth-order valence-electron chi connectivity index (χ4n) is 1.15. The van der Waals surface area contributed by atoms with Crippen LogP contribution in [0.3, 0.4) is 0 Å². The highest BCUT2D eigenvalue weighted by Gasteiger charge is 2.15. The van der Waals surface area contributed by atoms with E-state index in [4.69, 9.17) is 5.11 Å². The first-order valence-electron chi connectivity index (χ1n) is 4.39. The molecule has 0 aromatic carbocycles. The van der Waals surface area contributed by atoms with Gasteiger partial charge in [-0.1, -0.05) is 0 Å². The lowest BCUT2D eigenvalue weighted by molar-refractivity contribution is 0.0692. The van der Waals surface area contributed by atoms with Gasteiger partial charge in [-0.05, 0) is 6.92 Å². The van der Waals surface area contributed by atoms with E-state index >= 15 is 0 Å². The summed E-state index contributed by atoms with van der Waals surface area (Å²) in [5, 5.41) is 13.0. The van der Waals surface area contributed by atoms with Crippen LogP contribution in [-0.2, 0) is 0 Å². The van der Waals surface area contributed by atoms with Crippen LogP contribution in [0.5, 0.6) is 0 Å². The molecule has 82 valence electrons. The van der Waals surface area contributed by atoms with Gasteiger partial charge in [-0.25, -0.2) is 19.7 Å². The highest BCUT2D eigenvalue weighted by Crippen LogP contribution is 2.27. The molecule has 7 heteroatoms. The number of hydrogen-bond donors (Lipinski definition) is 2. The molecule has 0 fully saturated rings. The molecule has 2 N–H and O–H groups in total. The molecule has 0 aliphatic carbocycles. The quantitative estimate of drug-likeness (QED) is 0.843. The van der Waals surface area contributed by atoms with Crippen LogP contribution in [0.2, 0.25) is 0 Å². The molecule has 0 aliphatic rings. The molecule has 0 spiro atoms. The van der Waals surface area contributed by atoms with Gasteiger partial charge in [0.1, 0.15) is 11.3 Å². The fourth-order valence-corrected chi connectivity index (χ4v) is 1.98. The van der Waals surface area contributed by atoms with Gasteiger partial charge in [0.05, 0.1) is 23.1 Å². The summed E-state index contributed by atoms with van der Waals surface area (Å²) < 4.78 is 0. The monoisotopic (exact) mass is 236 g/mol. The largest absolute Gasteiger partial charge is 0.476 e. The van der Waals surface area contributed by atoms with Gasteiger partial charge in [0.2, 0.25) is 0 Å². The number of thiazole rings is 1. The summed E-state index contributed by atoms with van der Waals surface area (Å²) in [5.41, 5.74) is 0.653. The van der Waals surface area contributed by atoms with Crippen molar-refractivity contribution in [3.63, 3.8) is 0 Å². The van der Waals surface area contributed by atoms with Crippen LogP contribution in [0.4, 0.5) is 10.7 Å². The number of carbonyl (C=O) groups is 1.